The fourth-order valence-corrected chi connectivity index (χ4v) is 3.41. The molecule has 0 aliphatic carbocycles. The highest BCUT2D eigenvalue weighted by atomic mass is 32.1. The van der Waals surface area contributed by atoms with E-state index >= 15 is 0 Å². The number of para-hydroxylation sites is 1. The molecule has 1 saturated heterocycles. The molecule has 0 atom stereocenters. The van der Waals surface area contributed by atoms with E-state index in [2.05, 4.69) is 5.32 Å². The summed E-state index contributed by atoms with van der Waals surface area (Å²) in [5.74, 6) is 0.284. The lowest BCUT2D eigenvalue weighted by molar-refractivity contribution is -0.122. The smallest absolute Gasteiger partial charge is 0.270 e. The number of rotatable bonds is 5. The van der Waals surface area contributed by atoms with Gasteiger partial charge in [0.2, 0.25) is 0 Å². The van der Waals surface area contributed by atoms with Crippen molar-refractivity contribution >= 4 is 40.9 Å². The minimum atomic E-state index is -0.604. The number of hydrogen-bond acceptors (Lipinski definition) is 6. The molecule has 0 radical (unpaired) electrons. The van der Waals surface area contributed by atoms with E-state index in [0.29, 0.717) is 22.7 Å². The third kappa shape index (κ3) is 4.30. The Labute approximate surface area is 189 Å². The molecule has 3 aromatic carbocycles. The number of carbonyl (C=O) groups excluding carboxylic acids is 2. The van der Waals surface area contributed by atoms with Gasteiger partial charge in [0.1, 0.15) is 17.1 Å². The highest BCUT2D eigenvalue weighted by Crippen LogP contribution is 2.29. The Morgan fingerprint density at radius 3 is 2.34 bits per heavy atom. The molecule has 1 aliphatic rings. The van der Waals surface area contributed by atoms with Crippen LogP contribution in [0.4, 0.5) is 5.69 Å². The molecule has 160 valence electrons. The van der Waals surface area contributed by atoms with Crippen molar-refractivity contribution in [3.8, 4) is 23.0 Å². The Morgan fingerprint density at radius 2 is 1.66 bits per heavy atom. The number of carbonyl (C=O) groups is 2. The summed E-state index contributed by atoms with van der Waals surface area (Å²) in [7, 11) is 1.41. The van der Waals surface area contributed by atoms with Crippen LogP contribution in [-0.2, 0) is 9.59 Å². The van der Waals surface area contributed by atoms with Gasteiger partial charge in [-0.2, -0.15) is 0 Å². The minimum Gasteiger partial charge on any atom is -0.504 e. The number of thiocarbonyl (C=S) groups is 1. The van der Waals surface area contributed by atoms with Gasteiger partial charge in [0.15, 0.2) is 16.6 Å². The lowest BCUT2D eigenvalue weighted by Crippen LogP contribution is -2.54. The molecular formula is C24H18N2O5S. The van der Waals surface area contributed by atoms with Crippen LogP contribution in [0.3, 0.4) is 0 Å². The molecule has 1 fully saturated rings. The average Bonchev–Trinajstić information content (AvgIpc) is 2.79. The van der Waals surface area contributed by atoms with Crippen LogP contribution in [0.25, 0.3) is 6.08 Å². The van der Waals surface area contributed by atoms with Crippen molar-refractivity contribution < 1.29 is 24.2 Å². The van der Waals surface area contributed by atoms with E-state index in [9.17, 15) is 14.7 Å². The number of amides is 2. The van der Waals surface area contributed by atoms with E-state index in [-0.39, 0.29) is 22.2 Å². The summed E-state index contributed by atoms with van der Waals surface area (Å²) >= 11 is 5.24. The molecule has 1 aliphatic heterocycles. The molecule has 0 unspecified atom stereocenters. The second kappa shape index (κ2) is 8.91. The molecule has 2 N–H and O–H groups in total. The third-order valence-corrected chi connectivity index (χ3v) is 4.97. The van der Waals surface area contributed by atoms with E-state index in [4.69, 9.17) is 21.7 Å². The topological polar surface area (TPSA) is 88.1 Å². The summed E-state index contributed by atoms with van der Waals surface area (Å²) in [4.78, 5) is 26.8. The number of anilines is 1. The fraction of sp³-hybridized carbons (Fsp3) is 0.0417. The first-order chi connectivity index (χ1) is 15.5. The van der Waals surface area contributed by atoms with E-state index in [1.54, 1.807) is 30.3 Å². The number of phenols is 1. The minimum absolute atomic E-state index is 0.0165. The van der Waals surface area contributed by atoms with E-state index in [0.717, 1.165) is 0 Å². The number of nitrogens with one attached hydrogen (secondary N) is 1. The predicted octanol–water partition coefficient (Wildman–Crippen LogP) is 4.02. The second-order valence-electron chi connectivity index (χ2n) is 6.80. The maximum atomic E-state index is 13.1. The zero-order chi connectivity index (χ0) is 22.7. The summed E-state index contributed by atoms with van der Waals surface area (Å²) in [6.45, 7) is 0. The van der Waals surface area contributed by atoms with E-state index < -0.39 is 11.8 Å². The van der Waals surface area contributed by atoms with Gasteiger partial charge in [0.25, 0.3) is 11.8 Å². The maximum Gasteiger partial charge on any atom is 0.270 e. The van der Waals surface area contributed by atoms with Crippen molar-refractivity contribution in [1.29, 1.82) is 0 Å². The number of nitrogens with zero attached hydrogens (tertiary/aromatic N) is 1. The molecule has 3 aromatic rings. The van der Waals surface area contributed by atoms with Gasteiger partial charge in [-0.05, 0) is 72.4 Å². The van der Waals surface area contributed by atoms with Gasteiger partial charge >= 0.3 is 0 Å². The first kappa shape index (κ1) is 21.1. The Morgan fingerprint density at radius 1 is 0.969 bits per heavy atom. The second-order valence-corrected chi connectivity index (χ2v) is 7.18. The lowest BCUT2D eigenvalue weighted by Gasteiger charge is -2.29. The highest BCUT2D eigenvalue weighted by molar-refractivity contribution is 7.80. The summed E-state index contributed by atoms with van der Waals surface area (Å²) in [6, 6.07) is 20.6. The molecule has 8 heteroatoms. The van der Waals surface area contributed by atoms with Crippen LogP contribution in [0, 0.1) is 0 Å². The van der Waals surface area contributed by atoms with Gasteiger partial charge in [0, 0.05) is 0 Å². The van der Waals surface area contributed by atoms with Gasteiger partial charge in [-0.1, -0.05) is 24.3 Å². The predicted molar refractivity (Wildman–Crippen MR) is 124 cm³/mol. The van der Waals surface area contributed by atoms with Gasteiger partial charge in [-0.15, -0.1) is 0 Å². The number of hydrogen-bond donors (Lipinski definition) is 2. The van der Waals surface area contributed by atoms with Crippen molar-refractivity contribution in [2.75, 3.05) is 12.0 Å². The first-order valence-electron chi connectivity index (χ1n) is 9.57. The molecule has 7 nitrogen and oxygen atoms in total. The number of methoxy groups -OCH3 is 1. The lowest BCUT2D eigenvalue weighted by atomic mass is 10.1. The van der Waals surface area contributed by atoms with Gasteiger partial charge < -0.3 is 14.6 Å². The van der Waals surface area contributed by atoms with Crippen LogP contribution in [0.5, 0.6) is 23.0 Å². The largest absolute Gasteiger partial charge is 0.504 e. The fourth-order valence-electron chi connectivity index (χ4n) is 3.13. The first-order valence-corrected chi connectivity index (χ1v) is 9.98. The molecule has 1 heterocycles. The van der Waals surface area contributed by atoms with E-state index in [1.165, 1.54) is 30.2 Å². The highest BCUT2D eigenvalue weighted by Gasteiger charge is 2.34. The molecule has 0 bridgehead atoms. The van der Waals surface area contributed by atoms with Crippen LogP contribution in [0.1, 0.15) is 5.56 Å². The quantitative estimate of drug-likeness (QED) is 0.350. The Bertz CT molecular complexity index is 1220. The number of benzene rings is 3. The normalized spacial score (nSPS) is 15.0. The zero-order valence-corrected chi connectivity index (χ0v) is 17.8. The zero-order valence-electron chi connectivity index (χ0n) is 16.9. The standard InChI is InChI=1S/C24H18N2O5S/c1-30-21-14-15(7-12-20(21)27)13-19-22(28)25-24(32)26(23(19)29)16-8-10-18(11-9-16)31-17-5-3-2-4-6-17/h2-14,27H,1H3,(H,25,28,32). The SMILES string of the molecule is COc1cc(C=C2C(=O)NC(=S)N(c3ccc(Oc4ccccc4)cc3)C2=O)ccc1O. The van der Waals surface area contributed by atoms with Crippen molar-refractivity contribution in [2.24, 2.45) is 0 Å². The van der Waals surface area contributed by atoms with Crippen LogP contribution >= 0.6 is 12.2 Å². The Hall–Kier alpha value is -4.17. The van der Waals surface area contributed by atoms with Crippen LogP contribution < -0.4 is 19.7 Å². The summed E-state index contributed by atoms with van der Waals surface area (Å²) in [5.41, 5.74) is 0.892. The molecule has 0 aromatic heterocycles. The molecule has 32 heavy (non-hydrogen) atoms. The molecular weight excluding hydrogens is 428 g/mol. The summed E-state index contributed by atoms with van der Waals surface area (Å²) in [5, 5.41) is 12.3. The number of aromatic hydroxyl groups is 1. The maximum absolute atomic E-state index is 13.1. The van der Waals surface area contributed by atoms with Gasteiger partial charge in [0.05, 0.1) is 12.8 Å². The van der Waals surface area contributed by atoms with Crippen molar-refractivity contribution in [3.63, 3.8) is 0 Å². The third-order valence-electron chi connectivity index (χ3n) is 4.69. The molecule has 0 saturated carbocycles. The Kier molecular flexibility index (Phi) is 5.87. The van der Waals surface area contributed by atoms with Gasteiger partial charge in [-0.3, -0.25) is 19.8 Å². The monoisotopic (exact) mass is 446 g/mol. The number of phenolic OH excluding ortho intramolecular Hbond substituents is 1. The van der Waals surface area contributed by atoms with Crippen LogP contribution in [0.15, 0.2) is 78.4 Å². The van der Waals surface area contributed by atoms with Crippen molar-refractivity contribution in [2.45, 2.75) is 0 Å². The van der Waals surface area contributed by atoms with Gasteiger partial charge in [-0.25, -0.2) is 0 Å². The van der Waals surface area contributed by atoms with E-state index in [1.807, 2.05) is 30.3 Å². The average molecular weight is 446 g/mol. The summed E-state index contributed by atoms with van der Waals surface area (Å²) < 4.78 is 10.9. The molecule has 4 rings (SSSR count). The molecule has 0 spiro atoms. The molecule has 2 amide bonds. The van der Waals surface area contributed by atoms with Crippen LogP contribution in [0.2, 0.25) is 0 Å². The summed E-state index contributed by atoms with van der Waals surface area (Å²) in [6.07, 6.45) is 1.42. The van der Waals surface area contributed by atoms with Crippen LogP contribution in [-0.4, -0.2) is 29.1 Å². The van der Waals surface area contributed by atoms with Crippen molar-refractivity contribution in [3.05, 3.63) is 83.9 Å². The number of ether oxygens (including phenoxy) is 2. The Balaban J connectivity index is 1.61. The van der Waals surface area contributed by atoms with Crippen molar-refractivity contribution in [1.82, 2.24) is 5.32 Å².